The van der Waals surface area contributed by atoms with E-state index < -0.39 is 0 Å². The van der Waals surface area contributed by atoms with Crippen molar-refractivity contribution in [3.8, 4) is 0 Å². The second-order valence-corrected chi connectivity index (χ2v) is 5.61. The molecule has 0 saturated carbocycles. The Balaban J connectivity index is 2.55. The Morgan fingerprint density at radius 1 is 1.43 bits per heavy atom. The first-order valence-electron chi connectivity index (χ1n) is 7.04. The maximum Gasteiger partial charge on any atom is 0.239 e. The zero-order valence-electron chi connectivity index (χ0n) is 12.9. The van der Waals surface area contributed by atoms with Crippen molar-refractivity contribution in [2.75, 3.05) is 45.3 Å². The minimum atomic E-state index is -0.0117. The number of halogens is 1. The number of ether oxygens (including phenoxy) is 1. The maximum absolute atomic E-state index is 11.8. The highest BCUT2D eigenvalue weighted by molar-refractivity contribution is 9.10. The number of hydrogen-bond acceptors (Lipinski definition) is 4. The van der Waals surface area contributed by atoms with E-state index in [-0.39, 0.29) is 5.91 Å². The minimum Gasteiger partial charge on any atom is -0.383 e. The van der Waals surface area contributed by atoms with Crippen LogP contribution in [0, 0.1) is 0 Å². The fourth-order valence-corrected chi connectivity index (χ4v) is 2.34. The topological polar surface area (TPSA) is 53.6 Å². The summed E-state index contributed by atoms with van der Waals surface area (Å²) in [4.78, 5) is 13.7. The normalized spacial score (nSPS) is 10.5. The Labute approximate surface area is 135 Å². The molecule has 21 heavy (non-hydrogen) atoms. The molecule has 0 unspecified atom stereocenters. The van der Waals surface area contributed by atoms with E-state index >= 15 is 0 Å². The molecule has 0 aromatic heterocycles. The molecule has 118 valence electrons. The Morgan fingerprint density at radius 2 is 2.19 bits per heavy atom. The molecule has 0 aliphatic rings. The average molecular weight is 358 g/mol. The van der Waals surface area contributed by atoms with E-state index in [4.69, 9.17) is 4.74 Å². The van der Waals surface area contributed by atoms with Gasteiger partial charge in [0.1, 0.15) is 0 Å². The van der Waals surface area contributed by atoms with Crippen LogP contribution in [0.2, 0.25) is 0 Å². The summed E-state index contributed by atoms with van der Waals surface area (Å²) >= 11 is 3.58. The van der Waals surface area contributed by atoms with Crippen molar-refractivity contribution in [3.05, 3.63) is 28.2 Å². The molecule has 2 N–H and O–H groups in total. The summed E-state index contributed by atoms with van der Waals surface area (Å²) in [5, 5.41) is 6.11. The van der Waals surface area contributed by atoms with E-state index in [1.807, 2.05) is 24.1 Å². The number of likely N-dealkylation sites (N-methyl/N-ethyl adjacent to an activating group) is 1. The molecule has 0 atom stereocenters. The summed E-state index contributed by atoms with van der Waals surface area (Å²) in [5.74, 6) is -0.0117. The summed E-state index contributed by atoms with van der Waals surface area (Å²) in [6.07, 6.45) is 0. The van der Waals surface area contributed by atoms with Crippen LogP contribution in [0.5, 0.6) is 0 Å². The van der Waals surface area contributed by atoms with Crippen LogP contribution in [0.25, 0.3) is 0 Å². The van der Waals surface area contributed by atoms with Crippen molar-refractivity contribution in [2.24, 2.45) is 0 Å². The number of benzene rings is 1. The lowest BCUT2D eigenvalue weighted by molar-refractivity contribution is -0.119. The molecule has 0 spiro atoms. The van der Waals surface area contributed by atoms with Crippen molar-refractivity contribution in [1.29, 1.82) is 0 Å². The molecule has 5 nitrogen and oxygen atoms in total. The van der Waals surface area contributed by atoms with Crippen LogP contribution in [-0.4, -0.2) is 46.3 Å². The highest BCUT2D eigenvalue weighted by Gasteiger charge is 2.09. The highest BCUT2D eigenvalue weighted by Crippen LogP contribution is 2.23. The summed E-state index contributed by atoms with van der Waals surface area (Å²) in [6.45, 7) is 5.24. The number of rotatable bonds is 9. The molecule has 1 rings (SSSR count). The maximum atomic E-state index is 11.8. The summed E-state index contributed by atoms with van der Waals surface area (Å²) in [7, 11) is 3.52. The van der Waals surface area contributed by atoms with Crippen LogP contribution in [-0.2, 0) is 16.1 Å². The third-order valence-corrected chi connectivity index (χ3v) is 3.79. The summed E-state index contributed by atoms with van der Waals surface area (Å²) in [5.41, 5.74) is 2.21. The summed E-state index contributed by atoms with van der Waals surface area (Å²) in [6, 6.07) is 6.14. The number of nitrogens with one attached hydrogen (secondary N) is 2. The van der Waals surface area contributed by atoms with E-state index in [9.17, 15) is 4.79 Å². The van der Waals surface area contributed by atoms with E-state index in [0.717, 1.165) is 23.2 Å². The molecule has 0 fully saturated rings. The zero-order valence-corrected chi connectivity index (χ0v) is 14.5. The van der Waals surface area contributed by atoms with Crippen LogP contribution in [0.4, 0.5) is 5.69 Å². The van der Waals surface area contributed by atoms with Crippen molar-refractivity contribution in [3.63, 3.8) is 0 Å². The van der Waals surface area contributed by atoms with E-state index in [2.05, 4.69) is 39.6 Å². The SMILES string of the molecule is CCNCc1ccc(N(C)CC(=O)NCCOC)cc1Br. The zero-order chi connectivity index (χ0) is 15.7. The number of methoxy groups -OCH3 is 1. The highest BCUT2D eigenvalue weighted by atomic mass is 79.9. The fourth-order valence-electron chi connectivity index (χ4n) is 1.83. The van der Waals surface area contributed by atoms with Crippen LogP contribution in [0.15, 0.2) is 22.7 Å². The molecule has 0 heterocycles. The molecule has 1 aromatic rings. The number of carbonyl (C=O) groups is 1. The third-order valence-electron chi connectivity index (χ3n) is 3.05. The number of amides is 1. The minimum absolute atomic E-state index is 0.0117. The Hall–Kier alpha value is -1.11. The van der Waals surface area contributed by atoms with Gasteiger partial charge in [0.05, 0.1) is 13.2 Å². The molecule has 0 aliphatic carbocycles. The van der Waals surface area contributed by atoms with E-state index in [1.54, 1.807) is 7.11 Å². The van der Waals surface area contributed by atoms with Gasteiger partial charge in [-0.05, 0) is 24.2 Å². The van der Waals surface area contributed by atoms with Crippen LogP contribution in [0.1, 0.15) is 12.5 Å². The first-order chi connectivity index (χ1) is 10.1. The van der Waals surface area contributed by atoms with Gasteiger partial charge >= 0.3 is 0 Å². The van der Waals surface area contributed by atoms with Crippen LogP contribution < -0.4 is 15.5 Å². The monoisotopic (exact) mass is 357 g/mol. The van der Waals surface area contributed by atoms with Gasteiger partial charge in [-0.2, -0.15) is 0 Å². The Morgan fingerprint density at radius 3 is 2.81 bits per heavy atom. The number of nitrogens with zero attached hydrogens (tertiary/aromatic N) is 1. The summed E-state index contributed by atoms with van der Waals surface area (Å²) < 4.78 is 5.95. The second kappa shape index (κ2) is 9.76. The molecule has 1 amide bonds. The van der Waals surface area contributed by atoms with E-state index in [0.29, 0.717) is 19.7 Å². The van der Waals surface area contributed by atoms with Crippen LogP contribution in [0.3, 0.4) is 0 Å². The Bertz CT molecular complexity index is 455. The van der Waals surface area contributed by atoms with Crippen molar-refractivity contribution < 1.29 is 9.53 Å². The molecular weight excluding hydrogens is 334 g/mol. The van der Waals surface area contributed by atoms with Gasteiger partial charge in [0.2, 0.25) is 5.91 Å². The van der Waals surface area contributed by atoms with Gasteiger partial charge in [0, 0.05) is 37.4 Å². The lowest BCUT2D eigenvalue weighted by Crippen LogP contribution is -2.36. The molecule has 0 aliphatic heterocycles. The first kappa shape index (κ1) is 17.9. The van der Waals surface area contributed by atoms with Crippen molar-refractivity contribution in [1.82, 2.24) is 10.6 Å². The standard InChI is InChI=1S/C15H24BrN3O2/c1-4-17-10-12-5-6-13(9-14(12)16)19(2)11-15(20)18-7-8-21-3/h5-6,9,17H,4,7-8,10-11H2,1-3H3,(H,18,20). The van der Waals surface area contributed by atoms with Gasteiger partial charge in [0.15, 0.2) is 0 Å². The first-order valence-corrected chi connectivity index (χ1v) is 7.83. The van der Waals surface area contributed by atoms with Gasteiger partial charge < -0.3 is 20.3 Å². The predicted octanol–water partition coefficient (Wildman–Crippen LogP) is 1.76. The lowest BCUT2D eigenvalue weighted by atomic mass is 10.2. The third kappa shape index (κ3) is 6.46. The predicted molar refractivity (Wildman–Crippen MR) is 89.7 cm³/mol. The second-order valence-electron chi connectivity index (χ2n) is 4.75. The van der Waals surface area contributed by atoms with Crippen LogP contribution >= 0.6 is 15.9 Å². The van der Waals surface area contributed by atoms with Gasteiger partial charge in [-0.1, -0.05) is 28.9 Å². The molecule has 6 heteroatoms. The van der Waals surface area contributed by atoms with Gasteiger partial charge in [-0.3, -0.25) is 4.79 Å². The number of hydrogen-bond donors (Lipinski definition) is 2. The Kier molecular flexibility index (Phi) is 8.34. The molecule has 1 aromatic carbocycles. The van der Waals surface area contributed by atoms with Gasteiger partial charge in [-0.25, -0.2) is 0 Å². The average Bonchev–Trinajstić information content (AvgIpc) is 2.46. The number of anilines is 1. The van der Waals surface area contributed by atoms with Crippen molar-refractivity contribution in [2.45, 2.75) is 13.5 Å². The smallest absolute Gasteiger partial charge is 0.239 e. The lowest BCUT2D eigenvalue weighted by Gasteiger charge is -2.20. The van der Waals surface area contributed by atoms with E-state index in [1.165, 1.54) is 5.56 Å². The van der Waals surface area contributed by atoms with Gasteiger partial charge in [-0.15, -0.1) is 0 Å². The molecule has 0 bridgehead atoms. The fraction of sp³-hybridized carbons (Fsp3) is 0.533. The van der Waals surface area contributed by atoms with Gasteiger partial charge in [0.25, 0.3) is 0 Å². The molecular formula is C15H24BrN3O2. The quantitative estimate of drug-likeness (QED) is 0.661. The van der Waals surface area contributed by atoms with Crippen molar-refractivity contribution >= 4 is 27.5 Å². The molecule has 0 saturated heterocycles. The number of carbonyl (C=O) groups excluding carboxylic acids is 1. The molecule has 0 radical (unpaired) electrons. The largest absolute Gasteiger partial charge is 0.383 e.